The molecule has 4 saturated carbocycles. The maximum atomic E-state index is 12.3. The molecule has 0 aromatic rings. The number of ether oxygens (including phenoxy) is 1. The molecule has 4 aliphatic carbocycles. The van der Waals surface area contributed by atoms with Crippen molar-refractivity contribution in [3.63, 3.8) is 0 Å². The van der Waals surface area contributed by atoms with Gasteiger partial charge in [0.1, 0.15) is 5.78 Å². The Morgan fingerprint density at radius 2 is 1.61 bits per heavy atom. The van der Waals surface area contributed by atoms with Crippen molar-refractivity contribution in [1.29, 1.82) is 0 Å². The summed E-state index contributed by atoms with van der Waals surface area (Å²) >= 11 is 0. The molecule has 28 heavy (non-hydrogen) atoms. The lowest BCUT2D eigenvalue weighted by Gasteiger charge is -2.61. The van der Waals surface area contributed by atoms with E-state index in [2.05, 4.69) is 18.7 Å². The zero-order valence-corrected chi connectivity index (χ0v) is 18.4. The predicted octanol–water partition coefficient (Wildman–Crippen LogP) is 4.94. The van der Waals surface area contributed by atoms with Crippen LogP contribution in [0.3, 0.4) is 0 Å². The van der Waals surface area contributed by atoms with Crippen LogP contribution in [0, 0.1) is 40.4 Å². The SMILES string of the molecule is CC(=O)[C@H]1CC[C@H]2[C@@H]3CC[C@H]4CC(N5CCOCC5)CC[C@]4(C)[C@H]3CC[C@]12C. The van der Waals surface area contributed by atoms with Gasteiger partial charge < -0.3 is 4.74 Å². The smallest absolute Gasteiger partial charge is 0.133 e. The molecule has 5 fully saturated rings. The van der Waals surface area contributed by atoms with Crippen LogP contribution in [-0.2, 0) is 9.53 Å². The van der Waals surface area contributed by atoms with Gasteiger partial charge in [-0.3, -0.25) is 9.69 Å². The molecule has 1 saturated heterocycles. The van der Waals surface area contributed by atoms with Crippen LogP contribution >= 0.6 is 0 Å². The monoisotopic (exact) mass is 387 g/mol. The molecule has 1 heterocycles. The van der Waals surface area contributed by atoms with Crippen molar-refractivity contribution in [2.24, 2.45) is 40.4 Å². The standard InChI is InChI=1S/C25H41NO2/c1-17(27)21-6-7-22-20-5-4-18-16-19(26-12-14-28-15-13-26)8-10-24(18,2)23(20)9-11-25(21,22)3/h18-23H,4-16H2,1-3H3/t18-,19?,20-,21+,22-,23-,24-,25+/m0/s1. The quantitative estimate of drug-likeness (QED) is 0.672. The molecule has 0 radical (unpaired) electrons. The molecular formula is C25H41NO2. The first-order chi connectivity index (χ1) is 13.4. The molecule has 0 amide bonds. The Labute approximate surface area is 172 Å². The second-order valence-electron chi connectivity index (χ2n) is 11.5. The number of carbonyl (C=O) groups is 1. The maximum Gasteiger partial charge on any atom is 0.133 e. The lowest BCUT2D eigenvalue weighted by Crippen LogP contribution is -2.56. The van der Waals surface area contributed by atoms with E-state index < -0.39 is 0 Å². The van der Waals surface area contributed by atoms with Gasteiger partial charge in [-0.1, -0.05) is 13.8 Å². The second kappa shape index (κ2) is 7.08. The van der Waals surface area contributed by atoms with Crippen molar-refractivity contribution in [3.05, 3.63) is 0 Å². The highest BCUT2D eigenvalue weighted by Crippen LogP contribution is 2.67. The number of morpholine rings is 1. The van der Waals surface area contributed by atoms with E-state index in [0.717, 1.165) is 56.0 Å². The molecule has 3 heteroatoms. The van der Waals surface area contributed by atoms with Crippen LogP contribution in [0.15, 0.2) is 0 Å². The average molecular weight is 388 g/mol. The molecule has 0 aromatic carbocycles. The van der Waals surface area contributed by atoms with Crippen molar-refractivity contribution in [2.45, 2.75) is 84.6 Å². The topological polar surface area (TPSA) is 29.5 Å². The van der Waals surface area contributed by atoms with Crippen LogP contribution in [-0.4, -0.2) is 43.0 Å². The lowest BCUT2D eigenvalue weighted by molar-refractivity contribution is -0.137. The van der Waals surface area contributed by atoms with Gasteiger partial charge >= 0.3 is 0 Å². The summed E-state index contributed by atoms with van der Waals surface area (Å²) in [6.07, 6.45) is 12.3. The summed E-state index contributed by atoms with van der Waals surface area (Å²) in [5, 5.41) is 0. The highest BCUT2D eigenvalue weighted by Gasteiger charge is 2.60. The Balaban J connectivity index is 1.33. The van der Waals surface area contributed by atoms with E-state index in [1.165, 1.54) is 57.8 Å². The van der Waals surface area contributed by atoms with E-state index in [1.54, 1.807) is 0 Å². The molecule has 158 valence electrons. The molecule has 0 aromatic heterocycles. The third kappa shape index (κ3) is 2.86. The highest BCUT2D eigenvalue weighted by atomic mass is 16.5. The number of carbonyl (C=O) groups excluding carboxylic acids is 1. The normalized spacial score (nSPS) is 51.8. The summed E-state index contributed by atoms with van der Waals surface area (Å²) in [4.78, 5) is 15.1. The summed E-state index contributed by atoms with van der Waals surface area (Å²) in [5.41, 5.74) is 0.864. The number of hydrogen-bond acceptors (Lipinski definition) is 3. The molecule has 1 unspecified atom stereocenters. The fourth-order valence-corrected chi connectivity index (χ4v) is 9.18. The Bertz CT molecular complexity index is 614. The number of Topliss-reactive ketones (excluding diaryl/α,β-unsaturated/α-hetero) is 1. The molecule has 8 atom stereocenters. The third-order valence-electron chi connectivity index (χ3n) is 10.7. The van der Waals surface area contributed by atoms with E-state index in [-0.39, 0.29) is 0 Å². The van der Waals surface area contributed by atoms with E-state index in [1.807, 2.05) is 6.92 Å². The van der Waals surface area contributed by atoms with E-state index in [9.17, 15) is 4.79 Å². The van der Waals surface area contributed by atoms with E-state index in [4.69, 9.17) is 4.74 Å². The van der Waals surface area contributed by atoms with E-state index >= 15 is 0 Å². The molecule has 0 spiro atoms. The van der Waals surface area contributed by atoms with Gasteiger partial charge in [0.15, 0.2) is 0 Å². The van der Waals surface area contributed by atoms with Gasteiger partial charge in [-0.15, -0.1) is 0 Å². The van der Waals surface area contributed by atoms with Gasteiger partial charge in [0.2, 0.25) is 0 Å². The zero-order valence-electron chi connectivity index (χ0n) is 18.4. The fourth-order valence-electron chi connectivity index (χ4n) is 9.18. The van der Waals surface area contributed by atoms with Crippen molar-refractivity contribution in [3.8, 4) is 0 Å². The van der Waals surface area contributed by atoms with Crippen LogP contribution in [0.4, 0.5) is 0 Å². The summed E-state index contributed by atoms with van der Waals surface area (Å²) in [5.74, 6) is 4.36. The first kappa shape index (κ1) is 19.5. The minimum atomic E-state index is 0.307. The Morgan fingerprint density at radius 1 is 0.893 bits per heavy atom. The van der Waals surface area contributed by atoms with E-state index in [0.29, 0.717) is 22.5 Å². The molecule has 5 aliphatic rings. The van der Waals surface area contributed by atoms with Gasteiger partial charge in [0, 0.05) is 25.0 Å². The van der Waals surface area contributed by atoms with Crippen LogP contribution in [0.25, 0.3) is 0 Å². The maximum absolute atomic E-state index is 12.3. The van der Waals surface area contributed by atoms with Crippen LogP contribution in [0.5, 0.6) is 0 Å². The van der Waals surface area contributed by atoms with Gasteiger partial charge in [0.25, 0.3) is 0 Å². The Kier molecular flexibility index (Phi) is 4.94. The number of rotatable bonds is 2. The predicted molar refractivity (Wildman–Crippen MR) is 112 cm³/mol. The Morgan fingerprint density at radius 3 is 2.36 bits per heavy atom. The highest BCUT2D eigenvalue weighted by molar-refractivity contribution is 5.79. The fraction of sp³-hybridized carbons (Fsp3) is 0.960. The first-order valence-corrected chi connectivity index (χ1v) is 12.3. The van der Waals surface area contributed by atoms with Crippen LogP contribution < -0.4 is 0 Å². The number of ketones is 1. The molecule has 0 bridgehead atoms. The second-order valence-corrected chi connectivity index (χ2v) is 11.5. The van der Waals surface area contributed by atoms with Crippen molar-refractivity contribution < 1.29 is 9.53 Å². The average Bonchev–Trinajstić information content (AvgIpc) is 3.05. The molecular weight excluding hydrogens is 346 g/mol. The largest absolute Gasteiger partial charge is 0.379 e. The molecule has 1 aliphatic heterocycles. The first-order valence-electron chi connectivity index (χ1n) is 12.3. The number of fused-ring (bicyclic) bond motifs is 5. The summed E-state index contributed by atoms with van der Waals surface area (Å²) in [6, 6.07) is 0.806. The molecule has 5 rings (SSSR count). The van der Waals surface area contributed by atoms with Crippen molar-refractivity contribution in [2.75, 3.05) is 26.3 Å². The Hall–Kier alpha value is -0.410. The van der Waals surface area contributed by atoms with Gasteiger partial charge in [0.05, 0.1) is 13.2 Å². The van der Waals surface area contributed by atoms with Gasteiger partial charge in [-0.05, 0) is 99.2 Å². The van der Waals surface area contributed by atoms with Crippen LogP contribution in [0.2, 0.25) is 0 Å². The minimum Gasteiger partial charge on any atom is -0.379 e. The van der Waals surface area contributed by atoms with Gasteiger partial charge in [-0.2, -0.15) is 0 Å². The van der Waals surface area contributed by atoms with Gasteiger partial charge in [-0.25, -0.2) is 0 Å². The molecule has 0 N–H and O–H groups in total. The number of nitrogens with zero attached hydrogens (tertiary/aromatic N) is 1. The zero-order chi connectivity index (χ0) is 19.5. The van der Waals surface area contributed by atoms with Crippen molar-refractivity contribution >= 4 is 5.78 Å². The minimum absolute atomic E-state index is 0.307. The molecule has 3 nitrogen and oxygen atoms in total. The summed E-state index contributed by atoms with van der Waals surface area (Å²) in [6.45, 7) is 11.2. The summed E-state index contributed by atoms with van der Waals surface area (Å²) in [7, 11) is 0. The van der Waals surface area contributed by atoms with Crippen LogP contribution in [0.1, 0.15) is 78.6 Å². The third-order valence-corrected chi connectivity index (χ3v) is 10.7. The van der Waals surface area contributed by atoms with Crippen molar-refractivity contribution in [1.82, 2.24) is 4.90 Å². The summed E-state index contributed by atoms with van der Waals surface area (Å²) < 4.78 is 5.60. The number of hydrogen-bond donors (Lipinski definition) is 0. The lowest BCUT2D eigenvalue weighted by atomic mass is 9.44.